The highest BCUT2D eigenvalue weighted by molar-refractivity contribution is 5.42. The van der Waals surface area contributed by atoms with Crippen LogP contribution >= 0.6 is 0 Å². The first-order valence-electron chi connectivity index (χ1n) is 7.72. The Balaban J connectivity index is 2.83. The lowest BCUT2D eigenvalue weighted by molar-refractivity contribution is 0.632. The van der Waals surface area contributed by atoms with Crippen LogP contribution in [0.1, 0.15) is 47.2 Å². The molecule has 4 heteroatoms. The highest BCUT2D eigenvalue weighted by Crippen LogP contribution is 2.14. The van der Waals surface area contributed by atoms with Gasteiger partial charge in [-0.15, -0.1) is 0 Å². The van der Waals surface area contributed by atoms with Crippen LogP contribution in [0.25, 0.3) is 0 Å². The molecule has 0 aliphatic heterocycles. The maximum atomic E-state index is 4.61. The summed E-state index contributed by atoms with van der Waals surface area (Å²) in [6.07, 6.45) is 0.981. The summed E-state index contributed by atoms with van der Waals surface area (Å²) >= 11 is 0. The molecule has 0 aliphatic rings. The molecule has 0 aromatic carbocycles. The third kappa shape index (κ3) is 6.73. The standard InChI is InChI=1S/C16H30N4/c1-11(2)7-14-8-15(17-9-12(3)4)20-16(19-14)18-10-13(5)6/h8,11-13H,7,9-10H2,1-6H3,(H2,17,18,19,20). The van der Waals surface area contributed by atoms with E-state index in [0.717, 1.165) is 37.0 Å². The largest absolute Gasteiger partial charge is 0.370 e. The minimum absolute atomic E-state index is 0.583. The first-order chi connectivity index (χ1) is 9.36. The summed E-state index contributed by atoms with van der Waals surface area (Å²) in [6.45, 7) is 15.0. The predicted octanol–water partition coefficient (Wildman–Crippen LogP) is 3.81. The van der Waals surface area contributed by atoms with Gasteiger partial charge in [0.25, 0.3) is 0 Å². The molecular weight excluding hydrogens is 248 g/mol. The molecule has 1 aromatic heterocycles. The molecule has 4 nitrogen and oxygen atoms in total. The first-order valence-corrected chi connectivity index (χ1v) is 7.72. The highest BCUT2D eigenvalue weighted by Gasteiger charge is 2.07. The van der Waals surface area contributed by atoms with Crippen molar-refractivity contribution in [3.8, 4) is 0 Å². The van der Waals surface area contributed by atoms with Crippen molar-refractivity contribution in [1.29, 1.82) is 0 Å². The molecule has 0 bridgehead atoms. The molecule has 0 unspecified atom stereocenters. The SMILES string of the molecule is CC(C)CNc1cc(CC(C)C)nc(NCC(C)C)n1. The van der Waals surface area contributed by atoms with E-state index >= 15 is 0 Å². The number of aromatic nitrogens is 2. The van der Waals surface area contributed by atoms with E-state index in [4.69, 9.17) is 0 Å². The molecule has 1 aromatic rings. The molecule has 0 saturated heterocycles. The Morgan fingerprint density at radius 1 is 0.850 bits per heavy atom. The number of rotatable bonds is 8. The van der Waals surface area contributed by atoms with Crippen molar-refractivity contribution < 1.29 is 0 Å². The van der Waals surface area contributed by atoms with E-state index in [1.165, 1.54) is 0 Å². The zero-order chi connectivity index (χ0) is 15.1. The lowest BCUT2D eigenvalue weighted by Crippen LogP contribution is -2.15. The van der Waals surface area contributed by atoms with Crippen molar-refractivity contribution in [2.24, 2.45) is 17.8 Å². The van der Waals surface area contributed by atoms with Gasteiger partial charge >= 0.3 is 0 Å². The second-order valence-electron chi connectivity index (χ2n) is 6.72. The molecular formula is C16H30N4. The van der Waals surface area contributed by atoms with Crippen LogP contribution in [0, 0.1) is 17.8 Å². The van der Waals surface area contributed by atoms with Gasteiger partial charge in [-0.2, -0.15) is 4.98 Å². The third-order valence-corrected chi connectivity index (χ3v) is 2.76. The van der Waals surface area contributed by atoms with Gasteiger partial charge in [-0.3, -0.25) is 0 Å². The van der Waals surface area contributed by atoms with E-state index in [-0.39, 0.29) is 0 Å². The van der Waals surface area contributed by atoms with E-state index in [1.54, 1.807) is 0 Å². The average molecular weight is 278 g/mol. The Kier molecular flexibility index (Phi) is 6.76. The summed E-state index contributed by atoms with van der Waals surface area (Å²) in [5, 5.41) is 6.72. The Hall–Kier alpha value is -1.32. The quantitative estimate of drug-likeness (QED) is 0.759. The summed E-state index contributed by atoms with van der Waals surface area (Å²) in [7, 11) is 0. The Labute approximate surface area is 123 Å². The minimum Gasteiger partial charge on any atom is -0.370 e. The normalized spacial score (nSPS) is 11.4. The minimum atomic E-state index is 0.583. The predicted molar refractivity (Wildman–Crippen MR) is 87.2 cm³/mol. The molecule has 20 heavy (non-hydrogen) atoms. The van der Waals surface area contributed by atoms with Gasteiger partial charge in [0.1, 0.15) is 5.82 Å². The van der Waals surface area contributed by atoms with Crippen LogP contribution in [-0.2, 0) is 6.42 Å². The van der Waals surface area contributed by atoms with Gasteiger partial charge in [0.05, 0.1) is 0 Å². The Morgan fingerprint density at radius 3 is 2.00 bits per heavy atom. The molecule has 0 saturated carbocycles. The van der Waals surface area contributed by atoms with Crippen LogP contribution < -0.4 is 10.6 Å². The van der Waals surface area contributed by atoms with Crippen molar-refractivity contribution in [2.45, 2.75) is 48.0 Å². The maximum absolute atomic E-state index is 4.61. The van der Waals surface area contributed by atoms with Crippen molar-refractivity contribution in [2.75, 3.05) is 23.7 Å². The van der Waals surface area contributed by atoms with Gasteiger partial charge in [-0.25, -0.2) is 4.98 Å². The smallest absolute Gasteiger partial charge is 0.224 e. The van der Waals surface area contributed by atoms with Crippen molar-refractivity contribution in [1.82, 2.24) is 9.97 Å². The fourth-order valence-corrected chi connectivity index (χ4v) is 1.79. The van der Waals surface area contributed by atoms with Gasteiger partial charge in [0.15, 0.2) is 0 Å². The fourth-order valence-electron chi connectivity index (χ4n) is 1.79. The van der Waals surface area contributed by atoms with E-state index in [9.17, 15) is 0 Å². The number of hydrogen-bond donors (Lipinski definition) is 2. The van der Waals surface area contributed by atoms with Crippen LogP contribution in [0.3, 0.4) is 0 Å². The Morgan fingerprint density at radius 2 is 1.45 bits per heavy atom. The second kappa shape index (κ2) is 8.08. The van der Waals surface area contributed by atoms with Crippen molar-refractivity contribution >= 4 is 11.8 Å². The molecule has 0 radical (unpaired) electrons. The summed E-state index contributed by atoms with van der Waals surface area (Å²) in [4.78, 5) is 9.16. The van der Waals surface area contributed by atoms with E-state index in [0.29, 0.717) is 17.8 Å². The molecule has 0 spiro atoms. The van der Waals surface area contributed by atoms with Crippen LogP contribution in [0.2, 0.25) is 0 Å². The van der Waals surface area contributed by atoms with Crippen LogP contribution in [0.15, 0.2) is 6.07 Å². The maximum Gasteiger partial charge on any atom is 0.224 e. The monoisotopic (exact) mass is 278 g/mol. The molecule has 0 fully saturated rings. The lowest BCUT2D eigenvalue weighted by atomic mass is 10.1. The number of nitrogens with one attached hydrogen (secondary N) is 2. The van der Waals surface area contributed by atoms with Gasteiger partial charge in [-0.1, -0.05) is 41.5 Å². The highest BCUT2D eigenvalue weighted by atomic mass is 15.1. The number of nitrogens with zero attached hydrogens (tertiary/aromatic N) is 2. The van der Waals surface area contributed by atoms with E-state index < -0.39 is 0 Å². The fraction of sp³-hybridized carbons (Fsp3) is 0.750. The summed E-state index contributed by atoms with van der Waals surface area (Å²) < 4.78 is 0. The van der Waals surface area contributed by atoms with Gasteiger partial charge in [-0.05, 0) is 24.2 Å². The Bertz CT molecular complexity index is 369. The second-order valence-corrected chi connectivity index (χ2v) is 6.72. The summed E-state index contributed by atoms with van der Waals surface area (Å²) in [5.74, 6) is 3.45. The molecule has 114 valence electrons. The zero-order valence-electron chi connectivity index (χ0n) is 13.8. The van der Waals surface area contributed by atoms with Gasteiger partial charge in [0.2, 0.25) is 5.95 Å². The van der Waals surface area contributed by atoms with Gasteiger partial charge < -0.3 is 10.6 Å². The van der Waals surface area contributed by atoms with Crippen LogP contribution in [0.4, 0.5) is 11.8 Å². The third-order valence-electron chi connectivity index (χ3n) is 2.76. The van der Waals surface area contributed by atoms with Crippen molar-refractivity contribution in [3.63, 3.8) is 0 Å². The molecule has 2 N–H and O–H groups in total. The van der Waals surface area contributed by atoms with Crippen molar-refractivity contribution in [3.05, 3.63) is 11.8 Å². The first kappa shape index (κ1) is 16.7. The number of anilines is 2. The van der Waals surface area contributed by atoms with E-state index in [2.05, 4.69) is 68.2 Å². The molecule has 0 atom stereocenters. The lowest BCUT2D eigenvalue weighted by Gasteiger charge is -2.14. The van der Waals surface area contributed by atoms with Gasteiger partial charge in [0, 0.05) is 24.8 Å². The topological polar surface area (TPSA) is 49.8 Å². The molecule has 0 aliphatic carbocycles. The van der Waals surface area contributed by atoms with E-state index in [1.807, 2.05) is 0 Å². The molecule has 1 heterocycles. The average Bonchev–Trinajstić information content (AvgIpc) is 2.33. The zero-order valence-corrected chi connectivity index (χ0v) is 13.8. The summed E-state index contributed by atoms with van der Waals surface area (Å²) in [6, 6.07) is 2.07. The molecule has 1 rings (SSSR count). The van der Waals surface area contributed by atoms with Crippen LogP contribution in [-0.4, -0.2) is 23.1 Å². The molecule has 0 amide bonds. The summed E-state index contributed by atoms with van der Waals surface area (Å²) in [5.41, 5.74) is 1.10. The van der Waals surface area contributed by atoms with Crippen LogP contribution in [0.5, 0.6) is 0 Å². The number of hydrogen-bond acceptors (Lipinski definition) is 4.